The molecule has 0 amide bonds. The molecule has 0 aromatic heterocycles. The molecule has 0 aromatic rings. The maximum atomic E-state index is 9.88. The van der Waals surface area contributed by atoms with Crippen molar-refractivity contribution in [3.8, 4) is 0 Å². The summed E-state index contributed by atoms with van der Waals surface area (Å²) in [5.41, 5.74) is 0. The van der Waals surface area contributed by atoms with Crippen molar-refractivity contribution in [1.82, 2.24) is 0 Å². The molecule has 0 aliphatic rings. The van der Waals surface area contributed by atoms with Crippen molar-refractivity contribution in [3.63, 3.8) is 0 Å². The first-order valence-corrected chi connectivity index (χ1v) is 3.01. The van der Waals surface area contributed by atoms with Crippen LogP contribution in [0.15, 0.2) is 0 Å². The second-order valence-corrected chi connectivity index (χ2v) is 2.36. The van der Waals surface area contributed by atoms with Crippen LogP contribution < -0.4 is 0 Å². The molecule has 0 saturated carbocycles. The van der Waals surface area contributed by atoms with Gasteiger partial charge in [0.15, 0.2) is 0 Å². The van der Waals surface area contributed by atoms with Gasteiger partial charge in [0.25, 0.3) is 0 Å². The zero-order valence-corrected chi connectivity index (χ0v) is 4.79. The molecule has 0 atom stereocenters. The van der Waals surface area contributed by atoms with Gasteiger partial charge in [-0.05, 0) is 0 Å². The monoisotopic (exact) mass is 194 g/mol. The summed E-state index contributed by atoms with van der Waals surface area (Å²) < 4.78 is 22.9. The number of carbonyl (C=O) groups is 2. The van der Waals surface area contributed by atoms with Crippen molar-refractivity contribution >= 4 is 73.3 Å². The molecule has 0 spiro atoms. The van der Waals surface area contributed by atoms with Gasteiger partial charge >= 0.3 is 73.3 Å². The molecule has 0 fully saturated rings. The fraction of sp³-hybridized carbons (Fsp3) is 0. The first-order chi connectivity index (χ1) is 4.00. The average molecular weight is 194 g/mol. The quantitative estimate of drug-likeness (QED) is 0.327. The van der Waals surface area contributed by atoms with Crippen LogP contribution in [0.3, 0.4) is 0 Å². The van der Waals surface area contributed by atoms with Crippen LogP contribution in [-0.2, 0) is 19.1 Å². The SMILES string of the molecule is O=COS(=O)(=O)C(=O)O.[KH]. The van der Waals surface area contributed by atoms with E-state index < -0.39 is 21.9 Å². The van der Waals surface area contributed by atoms with Crippen molar-refractivity contribution in [2.75, 3.05) is 0 Å². The summed E-state index contributed by atoms with van der Waals surface area (Å²) in [6.07, 6.45) is 0. The van der Waals surface area contributed by atoms with Crippen LogP contribution in [0.1, 0.15) is 0 Å². The minimum atomic E-state index is -4.70. The summed E-state index contributed by atoms with van der Waals surface area (Å²) in [5.74, 6) is 0. The topological polar surface area (TPSA) is 97.7 Å². The fourth-order valence-electron chi connectivity index (χ4n) is 0.0929. The molecular formula is C2H3KO6S. The van der Waals surface area contributed by atoms with Gasteiger partial charge in [-0.15, -0.1) is 0 Å². The van der Waals surface area contributed by atoms with E-state index in [2.05, 4.69) is 4.18 Å². The van der Waals surface area contributed by atoms with Crippen LogP contribution in [0.4, 0.5) is 4.79 Å². The number of hydrogen-bond acceptors (Lipinski definition) is 5. The summed E-state index contributed by atoms with van der Waals surface area (Å²) in [5, 5.41) is 5.51. The Hall–Kier alpha value is 0.526. The third kappa shape index (κ3) is 4.36. The third-order valence-corrected chi connectivity index (χ3v) is 1.14. The zero-order chi connectivity index (χ0) is 7.49. The van der Waals surface area contributed by atoms with Gasteiger partial charge in [0, 0.05) is 0 Å². The summed E-state index contributed by atoms with van der Waals surface area (Å²) in [4.78, 5) is 18.8. The van der Waals surface area contributed by atoms with Gasteiger partial charge in [-0.3, -0.25) is 4.79 Å². The summed E-state index contributed by atoms with van der Waals surface area (Å²) in [7, 11) is -4.70. The molecule has 0 unspecified atom stereocenters. The summed E-state index contributed by atoms with van der Waals surface area (Å²) in [6, 6.07) is 0. The summed E-state index contributed by atoms with van der Waals surface area (Å²) in [6.45, 7) is -0.469. The number of hydrogen-bond donors (Lipinski definition) is 1. The van der Waals surface area contributed by atoms with E-state index in [1.165, 1.54) is 0 Å². The molecule has 0 heterocycles. The number of carboxylic acid groups (broad SMARTS) is 1. The predicted molar refractivity (Wildman–Crippen MR) is 31.2 cm³/mol. The van der Waals surface area contributed by atoms with Gasteiger partial charge in [-0.1, -0.05) is 0 Å². The first kappa shape index (κ1) is 13.1. The Kier molecular flexibility index (Phi) is 6.85. The van der Waals surface area contributed by atoms with Gasteiger partial charge in [-0.2, -0.15) is 8.42 Å². The van der Waals surface area contributed by atoms with Crippen LogP contribution in [0.2, 0.25) is 0 Å². The molecule has 8 heteroatoms. The standard InChI is InChI=1S/C2H2O6S.K.H/c3-1-8-9(6,7)2(4)5;;/h1H,(H,4,5);;. The summed E-state index contributed by atoms with van der Waals surface area (Å²) >= 11 is 0. The maximum absolute atomic E-state index is 9.88. The Labute approximate surface area is 99.1 Å². The van der Waals surface area contributed by atoms with Crippen molar-refractivity contribution in [2.24, 2.45) is 0 Å². The molecule has 0 aliphatic carbocycles. The molecule has 0 aliphatic heterocycles. The van der Waals surface area contributed by atoms with E-state index in [9.17, 15) is 18.0 Å². The second kappa shape index (κ2) is 5.21. The van der Waals surface area contributed by atoms with Crippen molar-refractivity contribution in [2.45, 2.75) is 0 Å². The third-order valence-electron chi connectivity index (χ3n) is 0.380. The van der Waals surface area contributed by atoms with E-state index in [-0.39, 0.29) is 51.4 Å². The predicted octanol–water partition coefficient (Wildman–Crippen LogP) is -1.48. The Morgan fingerprint density at radius 1 is 1.50 bits per heavy atom. The Bertz CT molecular complexity index is 216. The average Bonchev–Trinajstić information content (AvgIpc) is 1.65. The van der Waals surface area contributed by atoms with Crippen LogP contribution in [-0.4, -0.2) is 76.7 Å². The van der Waals surface area contributed by atoms with Gasteiger partial charge in [0.1, 0.15) is 0 Å². The Morgan fingerprint density at radius 3 is 2.00 bits per heavy atom. The van der Waals surface area contributed by atoms with E-state index in [1.807, 2.05) is 0 Å². The number of rotatable bonds is 2. The first-order valence-electron chi connectivity index (χ1n) is 1.60. The van der Waals surface area contributed by atoms with Gasteiger partial charge in [-0.25, -0.2) is 4.79 Å². The van der Waals surface area contributed by atoms with Crippen LogP contribution in [0.5, 0.6) is 0 Å². The van der Waals surface area contributed by atoms with E-state index in [0.29, 0.717) is 0 Å². The van der Waals surface area contributed by atoms with E-state index in [4.69, 9.17) is 5.11 Å². The van der Waals surface area contributed by atoms with Crippen molar-refractivity contribution in [1.29, 1.82) is 0 Å². The molecule has 0 aromatic carbocycles. The van der Waals surface area contributed by atoms with Crippen molar-refractivity contribution < 1.29 is 27.3 Å². The Balaban J connectivity index is 0. The molecule has 0 bridgehead atoms. The Morgan fingerprint density at radius 2 is 1.90 bits per heavy atom. The van der Waals surface area contributed by atoms with E-state index in [1.54, 1.807) is 0 Å². The van der Waals surface area contributed by atoms with Gasteiger partial charge in [0.05, 0.1) is 0 Å². The molecular weight excluding hydrogens is 191 g/mol. The second-order valence-electron chi connectivity index (χ2n) is 0.912. The normalized spacial score (nSPS) is 9.20. The van der Waals surface area contributed by atoms with Gasteiger partial charge < -0.3 is 9.29 Å². The molecule has 0 radical (unpaired) electrons. The molecule has 0 saturated heterocycles. The van der Waals surface area contributed by atoms with Crippen LogP contribution in [0, 0.1) is 0 Å². The van der Waals surface area contributed by atoms with Crippen LogP contribution >= 0.6 is 0 Å². The minimum absolute atomic E-state index is 0. The number of carbonyl (C=O) groups excluding carboxylic acids is 1. The zero-order valence-electron chi connectivity index (χ0n) is 3.97. The fourth-order valence-corrected chi connectivity index (χ4v) is 0.279. The van der Waals surface area contributed by atoms with E-state index >= 15 is 0 Å². The van der Waals surface area contributed by atoms with Gasteiger partial charge in [0.2, 0.25) is 0 Å². The molecule has 10 heavy (non-hydrogen) atoms. The molecule has 6 nitrogen and oxygen atoms in total. The molecule has 0 rings (SSSR count). The van der Waals surface area contributed by atoms with Crippen molar-refractivity contribution in [3.05, 3.63) is 0 Å². The molecule has 1 N–H and O–H groups in total. The van der Waals surface area contributed by atoms with Crippen LogP contribution in [0.25, 0.3) is 0 Å². The van der Waals surface area contributed by atoms with E-state index in [0.717, 1.165) is 0 Å². The molecule has 54 valence electrons.